The van der Waals surface area contributed by atoms with Crippen LogP contribution in [-0.2, 0) is 12.8 Å². The lowest BCUT2D eigenvalue weighted by molar-refractivity contribution is 0.0998. The highest BCUT2D eigenvalue weighted by molar-refractivity contribution is 6.00. The van der Waals surface area contributed by atoms with E-state index in [1.54, 1.807) is 7.11 Å². The van der Waals surface area contributed by atoms with Gasteiger partial charge in [0.2, 0.25) is 0 Å². The fraction of sp³-hybridized carbons (Fsp3) is 0.417. The Balaban J connectivity index is 2.52. The highest BCUT2D eigenvalue weighted by atomic mass is 16.5. The van der Waals surface area contributed by atoms with E-state index >= 15 is 0 Å². The molecule has 0 radical (unpaired) electrons. The molecule has 0 bridgehead atoms. The summed E-state index contributed by atoms with van der Waals surface area (Å²) in [5, 5.41) is 0. The summed E-state index contributed by atoms with van der Waals surface area (Å²) >= 11 is 0. The summed E-state index contributed by atoms with van der Waals surface area (Å²) in [5.41, 5.74) is 8.49. The summed E-state index contributed by atoms with van der Waals surface area (Å²) in [6.07, 6.45) is 3.24. The predicted octanol–water partition coefficient (Wildman–Crippen LogP) is 1.33. The summed E-state index contributed by atoms with van der Waals surface area (Å²) in [4.78, 5) is 11.6. The van der Waals surface area contributed by atoms with Crippen molar-refractivity contribution in [2.24, 2.45) is 5.73 Å². The molecule has 0 saturated carbocycles. The lowest BCUT2D eigenvalue weighted by atomic mass is 10.0. The third-order valence-electron chi connectivity index (χ3n) is 2.92. The number of rotatable bonds is 3. The monoisotopic (exact) mass is 205 g/mol. The number of methoxy groups -OCH3 is 1. The van der Waals surface area contributed by atoms with Crippen molar-refractivity contribution in [3.8, 4) is 5.75 Å². The Morgan fingerprint density at radius 3 is 2.93 bits per heavy atom. The van der Waals surface area contributed by atoms with Crippen molar-refractivity contribution in [2.75, 3.05) is 13.7 Å². The first-order valence-electron chi connectivity index (χ1n) is 5.20. The summed E-state index contributed by atoms with van der Waals surface area (Å²) < 4.78 is 5.33. The van der Waals surface area contributed by atoms with E-state index < -0.39 is 0 Å². The maximum absolute atomic E-state index is 11.6. The largest absolute Gasteiger partial charge is 0.496 e. The minimum absolute atomic E-state index is 0.0369. The van der Waals surface area contributed by atoms with Gasteiger partial charge < -0.3 is 10.5 Å². The summed E-state index contributed by atoms with van der Waals surface area (Å²) in [5.74, 6) is 0.682. The van der Waals surface area contributed by atoms with E-state index in [1.165, 1.54) is 11.1 Å². The quantitative estimate of drug-likeness (QED) is 0.757. The molecule has 0 aliphatic heterocycles. The van der Waals surface area contributed by atoms with Gasteiger partial charge in [-0.2, -0.15) is 0 Å². The number of fused-ring (bicyclic) bond motifs is 1. The molecule has 0 atom stereocenters. The van der Waals surface area contributed by atoms with Crippen LogP contribution in [0.25, 0.3) is 0 Å². The van der Waals surface area contributed by atoms with E-state index in [9.17, 15) is 4.79 Å². The number of carbonyl (C=O) groups excluding carboxylic acids is 1. The van der Waals surface area contributed by atoms with Gasteiger partial charge in [0.1, 0.15) is 5.75 Å². The van der Waals surface area contributed by atoms with Crippen molar-refractivity contribution in [3.05, 3.63) is 28.8 Å². The second-order valence-electron chi connectivity index (χ2n) is 3.76. The Hall–Kier alpha value is -1.35. The number of carbonyl (C=O) groups is 1. The van der Waals surface area contributed by atoms with E-state index in [0.717, 1.165) is 25.0 Å². The van der Waals surface area contributed by atoms with Gasteiger partial charge in [-0.1, -0.05) is 6.07 Å². The zero-order chi connectivity index (χ0) is 10.8. The second-order valence-corrected chi connectivity index (χ2v) is 3.76. The van der Waals surface area contributed by atoms with Crippen molar-refractivity contribution in [3.63, 3.8) is 0 Å². The minimum Gasteiger partial charge on any atom is -0.496 e. The van der Waals surface area contributed by atoms with E-state index in [1.807, 2.05) is 12.1 Å². The molecular formula is C12H15NO2. The predicted molar refractivity (Wildman–Crippen MR) is 58.4 cm³/mol. The summed E-state index contributed by atoms with van der Waals surface area (Å²) in [6, 6.07) is 3.85. The van der Waals surface area contributed by atoms with Gasteiger partial charge in [0.25, 0.3) is 0 Å². The zero-order valence-corrected chi connectivity index (χ0v) is 8.88. The number of Topliss-reactive ketones (excluding diaryl/α,β-unsaturated/α-hetero) is 1. The van der Waals surface area contributed by atoms with Crippen LogP contribution in [0.2, 0.25) is 0 Å². The van der Waals surface area contributed by atoms with E-state index in [-0.39, 0.29) is 12.3 Å². The number of ketones is 1. The van der Waals surface area contributed by atoms with Gasteiger partial charge >= 0.3 is 0 Å². The second kappa shape index (κ2) is 4.03. The number of hydrogen-bond donors (Lipinski definition) is 1. The van der Waals surface area contributed by atoms with Crippen LogP contribution >= 0.6 is 0 Å². The maximum atomic E-state index is 11.6. The highest BCUT2D eigenvalue weighted by Crippen LogP contribution is 2.33. The van der Waals surface area contributed by atoms with E-state index in [4.69, 9.17) is 10.5 Å². The molecule has 0 heterocycles. The fourth-order valence-electron chi connectivity index (χ4n) is 2.20. The molecule has 1 aromatic carbocycles. The molecule has 0 aromatic heterocycles. The number of aryl methyl sites for hydroxylation is 1. The van der Waals surface area contributed by atoms with Gasteiger partial charge in [-0.3, -0.25) is 4.79 Å². The molecule has 1 aliphatic rings. The Kier molecular flexibility index (Phi) is 2.73. The van der Waals surface area contributed by atoms with Crippen LogP contribution in [0.5, 0.6) is 5.75 Å². The van der Waals surface area contributed by atoms with Crippen molar-refractivity contribution >= 4 is 5.78 Å². The third-order valence-corrected chi connectivity index (χ3v) is 2.92. The van der Waals surface area contributed by atoms with Gasteiger partial charge in [0.15, 0.2) is 5.78 Å². The van der Waals surface area contributed by atoms with Gasteiger partial charge in [-0.25, -0.2) is 0 Å². The van der Waals surface area contributed by atoms with Crippen LogP contribution in [0.3, 0.4) is 0 Å². The van der Waals surface area contributed by atoms with Crippen LogP contribution in [-0.4, -0.2) is 19.4 Å². The number of ether oxygens (including phenoxy) is 1. The summed E-state index contributed by atoms with van der Waals surface area (Å²) in [6.45, 7) is 0.0369. The van der Waals surface area contributed by atoms with E-state index in [2.05, 4.69) is 0 Å². The first-order chi connectivity index (χ1) is 7.27. The van der Waals surface area contributed by atoms with Gasteiger partial charge in [-0.05, 0) is 36.5 Å². The Morgan fingerprint density at radius 2 is 2.27 bits per heavy atom. The van der Waals surface area contributed by atoms with Gasteiger partial charge in [-0.15, -0.1) is 0 Å². The van der Waals surface area contributed by atoms with Crippen molar-refractivity contribution < 1.29 is 9.53 Å². The molecule has 0 amide bonds. The third kappa shape index (κ3) is 1.63. The Morgan fingerprint density at radius 1 is 1.47 bits per heavy atom. The van der Waals surface area contributed by atoms with Crippen LogP contribution in [0.4, 0.5) is 0 Å². The smallest absolute Gasteiger partial charge is 0.180 e. The lowest BCUT2D eigenvalue weighted by Crippen LogP contribution is -2.15. The molecule has 2 rings (SSSR count). The molecule has 0 unspecified atom stereocenters. The molecule has 15 heavy (non-hydrogen) atoms. The van der Waals surface area contributed by atoms with Gasteiger partial charge in [0, 0.05) is 0 Å². The molecule has 0 fully saturated rings. The Bertz CT molecular complexity index is 399. The van der Waals surface area contributed by atoms with Crippen LogP contribution in [0, 0.1) is 0 Å². The fourth-order valence-corrected chi connectivity index (χ4v) is 2.20. The molecule has 1 aromatic rings. The number of nitrogens with two attached hydrogens (primary N) is 1. The average molecular weight is 205 g/mol. The highest BCUT2D eigenvalue weighted by Gasteiger charge is 2.20. The van der Waals surface area contributed by atoms with Crippen molar-refractivity contribution in [1.82, 2.24) is 0 Å². The van der Waals surface area contributed by atoms with E-state index in [0.29, 0.717) is 5.56 Å². The number of hydrogen-bond acceptors (Lipinski definition) is 3. The van der Waals surface area contributed by atoms with Crippen molar-refractivity contribution in [1.29, 1.82) is 0 Å². The van der Waals surface area contributed by atoms with Crippen LogP contribution in [0.1, 0.15) is 27.9 Å². The lowest BCUT2D eigenvalue weighted by Gasteiger charge is -2.11. The molecule has 80 valence electrons. The SMILES string of the molecule is COc1c(C(=O)CN)ccc2c1CCC2. The average Bonchev–Trinajstić information content (AvgIpc) is 2.74. The molecule has 1 aliphatic carbocycles. The molecule has 3 nitrogen and oxygen atoms in total. The first kappa shape index (κ1) is 10.2. The minimum atomic E-state index is -0.0541. The Labute approximate surface area is 89.2 Å². The van der Waals surface area contributed by atoms with Crippen LogP contribution in [0.15, 0.2) is 12.1 Å². The molecular weight excluding hydrogens is 190 g/mol. The molecule has 0 saturated heterocycles. The van der Waals surface area contributed by atoms with Crippen LogP contribution < -0.4 is 10.5 Å². The molecule has 0 spiro atoms. The maximum Gasteiger partial charge on any atom is 0.180 e. The topological polar surface area (TPSA) is 52.3 Å². The summed E-state index contributed by atoms with van der Waals surface area (Å²) in [7, 11) is 1.61. The molecule has 2 N–H and O–H groups in total. The van der Waals surface area contributed by atoms with Crippen molar-refractivity contribution in [2.45, 2.75) is 19.3 Å². The zero-order valence-electron chi connectivity index (χ0n) is 8.88. The molecule has 3 heteroatoms. The van der Waals surface area contributed by atoms with Gasteiger partial charge in [0.05, 0.1) is 19.2 Å². The number of benzene rings is 1. The first-order valence-corrected chi connectivity index (χ1v) is 5.20. The standard InChI is InChI=1S/C12H15NO2/c1-15-12-9-4-2-3-8(9)5-6-10(12)11(14)7-13/h5-6H,2-4,7,13H2,1H3. The normalized spacial score (nSPS) is 13.7.